The van der Waals surface area contributed by atoms with E-state index in [4.69, 9.17) is 9.47 Å². The first-order valence-electron chi connectivity index (χ1n) is 9.91. The minimum atomic E-state index is -1.26. The average molecular weight is 383 g/mol. The third-order valence-electron chi connectivity index (χ3n) is 5.93. The van der Waals surface area contributed by atoms with Crippen LogP contribution < -0.4 is 0 Å². The number of carbonyl (C=O) groups is 2. The lowest BCUT2D eigenvalue weighted by molar-refractivity contribution is -0.179. The molecule has 1 N–H and O–H groups in total. The number of cyclic esters (lactones) is 1. The van der Waals surface area contributed by atoms with Crippen LogP contribution in [-0.4, -0.2) is 35.9 Å². The molecule has 0 bridgehead atoms. The fourth-order valence-corrected chi connectivity index (χ4v) is 3.65. The van der Waals surface area contributed by atoms with Gasteiger partial charge in [-0.1, -0.05) is 47.6 Å². The molecule has 1 aliphatic heterocycles. The van der Waals surface area contributed by atoms with Gasteiger partial charge in [-0.05, 0) is 44.9 Å². The van der Waals surface area contributed by atoms with Crippen molar-refractivity contribution < 1.29 is 24.2 Å². The topological polar surface area (TPSA) is 72.8 Å². The summed E-state index contributed by atoms with van der Waals surface area (Å²) in [5, 5.41) is 10.1. The van der Waals surface area contributed by atoms with E-state index in [0.29, 0.717) is 23.3 Å². The number of hydrogen-bond donors (Lipinski definition) is 1. The van der Waals surface area contributed by atoms with Gasteiger partial charge in [-0.25, -0.2) is 4.79 Å². The molecule has 1 heterocycles. The van der Waals surface area contributed by atoms with Crippen LogP contribution in [0.15, 0.2) is 11.6 Å². The minimum Gasteiger partial charge on any atom is -0.461 e. The summed E-state index contributed by atoms with van der Waals surface area (Å²) in [7, 11) is 0. The molecule has 5 heteroatoms. The van der Waals surface area contributed by atoms with Crippen molar-refractivity contribution in [1.82, 2.24) is 0 Å². The zero-order chi connectivity index (χ0) is 21.2. The van der Waals surface area contributed by atoms with E-state index in [0.717, 1.165) is 6.42 Å². The smallest absolute Gasteiger partial charge is 0.335 e. The van der Waals surface area contributed by atoms with Gasteiger partial charge in [-0.3, -0.25) is 4.79 Å². The summed E-state index contributed by atoms with van der Waals surface area (Å²) in [5.41, 5.74) is -2.14. The number of hydrogen-bond acceptors (Lipinski definition) is 5. The fraction of sp³-hybridized carbons (Fsp3) is 0.818. The number of rotatable bonds is 7. The van der Waals surface area contributed by atoms with Gasteiger partial charge in [-0.15, -0.1) is 0 Å². The maximum Gasteiger partial charge on any atom is 0.335 e. The maximum absolute atomic E-state index is 12.6. The molecule has 0 radical (unpaired) electrons. The highest BCUT2D eigenvalue weighted by atomic mass is 16.6. The lowest BCUT2D eigenvalue weighted by atomic mass is 9.71. The highest BCUT2D eigenvalue weighted by molar-refractivity contribution is 5.93. The van der Waals surface area contributed by atoms with E-state index in [1.54, 1.807) is 20.8 Å². The molecule has 1 unspecified atom stereocenters. The summed E-state index contributed by atoms with van der Waals surface area (Å²) in [6.07, 6.45) is 2.72. The van der Waals surface area contributed by atoms with Crippen molar-refractivity contribution in [1.29, 1.82) is 0 Å². The zero-order valence-electron chi connectivity index (χ0n) is 18.5. The quantitative estimate of drug-likeness (QED) is 0.529. The highest BCUT2D eigenvalue weighted by Crippen LogP contribution is 2.48. The zero-order valence-corrected chi connectivity index (χ0v) is 18.5. The summed E-state index contributed by atoms with van der Waals surface area (Å²) in [4.78, 5) is 24.8. The molecule has 1 rings (SSSR count). The number of carbonyl (C=O) groups excluding carboxylic acids is 2. The molecular weight excluding hydrogens is 344 g/mol. The summed E-state index contributed by atoms with van der Waals surface area (Å²) >= 11 is 0. The second-order valence-electron chi connectivity index (χ2n) is 10.00. The van der Waals surface area contributed by atoms with Crippen molar-refractivity contribution in [2.75, 3.05) is 13.2 Å². The number of esters is 2. The predicted molar refractivity (Wildman–Crippen MR) is 106 cm³/mol. The lowest BCUT2D eigenvalue weighted by Gasteiger charge is -2.37. The molecule has 0 aromatic rings. The van der Waals surface area contributed by atoms with Gasteiger partial charge in [0.05, 0.1) is 12.0 Å². The Balaban J connectivity index is 3.10. The van der Waals surface area contributed by atoms with E-state index in [1.165, 1.54) is 0 Å². The van der Waals surface area contributed by atoms with Crippen molar-refractivity contribution in [2.24, 2.45) is 28.6 Å². The third kappa shape index (κ3) is 4.92. The van der Waals surface area contributed by atoms with Crippen LogP contribution in [0.3, 0.4) is 0 Å². The van der Waals surface area contributed by atoms with Crippen LogP contribution in [0.2, 0.25) is 0 Å². The molecule has 0 aromatic heterocycles. The monoisotopic (exact) mass is 382 g/mol. The molecule has 0 aliphatic carbocycles. The van der Waals surface area contributed by atoms with Crippen LogP contribution >= 0.6 is 0 Å². The van der Waals surface area contributed by atoms with Gasteiger partial charge < -0.3 is 14.6 Å². The second kappa shape index (κ2) is 8.34. The molecule has 156 valence electrons. The Morgan fingerprint density at radius 1 is 1.19 bits per heavy atom. The normalized spacial score (nSPS) is 24.2. The van der Waals surface area contributed by atoms with Crippen LogP contribution in [0.25, 0.3) is 0 Å². The van der Waals surface area contributed by atoms with Crippen LogP contribution in [0.4, 0.5) is 0 Å². The molecule has 5 nitrogen and oxygen atoms in total. The number of ether oxygens (including phenoxy) is 2. The Morgan fingerprint density at radius 3 is 2.11 bits per heavy atom. The molecule has 0 spiro atoms. The molecule has 0 amide bonds. The maximum atomic E-state index is 12.6. The van der Waals surface area contributed by atoms with E-state index >= 15 is 0 Å². The minimum absolute atomic E-state index is 0.159. The Kier molecular flexibility index (Phi) is 7.31. The molecule has 1 fully saturated rings. The summed E-state index contributed by atoms with van der Waals surface area (Å²) in [6.45, 7) is 17.2. The second-order valence-corrected chi connectivity index (χ2v) is 10.00. The predicted octanol–water partition coefficient (Wildman–Crippen LogP) is 4.13. The van der Waals surface area contributed by atoms with E-state index in [-0.39, 0.29) is 12.6 Å². The molecule has 0 aromatic carbocycles. The van der Waals surface area contributed by atoms with Crippen LogP contribution in [0.1, 0.15) is 68.7 Å². The van der Waals surface area contributed by atoms with Gasteiger partial charge in [0.15, 0.2) is 5.60 Å². The number of allylic oxidation sites excluding steroid dienone is 1. The fourth-order valence-electron chi connectivity index (χ4n) is 3.65. The molecule has 1 saturated heterocycles. The van der Waals surface area contributed by atoms with Gasteiger partial charge in [0.1, 0.15) is 6.61 Å². The van der Waals surface area contributed by atoms with Gasteiger partial charge in [0, 0.05) is 11.0 Å². The van der Waals surface area contributed by atoms with Crippen molar-refractivity contribution in [3.63, 3.8) is 0 Å². The number of aliphatic hydroxyl groups excluding tert-OH is 1. The lowest BCUT2D eigenvalue weighted by Crippen LogP contribution is -2.50. The first kappa shape index (κ1) is 23.7. The molecular formula is C22H38O5. The standard InChI is InChI=1S/C22H38O5/c1-14(2)16(15(3)4)10-11-17-18(24)27-22(12-23,21(17,8)9)13-26-19(25)20(5,6)7/h11,14-16,23H,10,12-13H2,1-9H3/b17-11-. The molecule has 27 heavy (non-hydrogen) atoms. The number of aliphatic hydroxyl groups is 1. The van der Waals surface area contributed by atoms with Crippen molar-refractivity contribution in [3.8, 4) is 0 Å². The van der Waals surface area contributed by atoms with E-state index in [2.05, 4.69) is 27.7 Å². The SMILES string of the molecule is CC(C)C(C/C=C1/C(=O)OC(CO)(COC(=O)C(C)(C)C)C1(C)C)C(C)C. The molecule has 0 saturated carbocycles. The van der Waals surface area contributed by atoms with Gasteiger partial charge in [-0.2, -0.15) is 0 Å². The van der Waals surface area contributed by atoms with Crippen molar-refractivity contribution >= 4 is 11.9 Å². The van der Waals surface area contributed by atoms with Gasteiger partial charge in [0.2, 0.25) is 0 Å². The summed E-state index contributed by atoms with van der Waals surface area (Å²) < 4.78 is 11.0. The Bertz CT molecular complexity index is 572. The van der Waals surface area contributed by atoms with Crippen LogP contribution in [0.5, 0.6) is 0 Å². The van der Waals surface area contributed by atoms with Gasteiger partial charge >= 0.3 is 11.9 Å². The highest BCUT2D eigenvalue weighted by Gasteiger charge is 2.59. The van der Waals surface area contributed by atoms with E-state index in [1.807, 2.05) is 19.9 Å². The largest absolute Gasteiger partial charge is 0.461 e. The van der Waals surface area contributed by atoms with Crippen LogP contribution in [-0.2, 0) is 19.1 Å². The third-order valence-corrected chi connectivity index (χ3v) is 5.93. The molecule has 1 aliphatic rings. The first-order valence-corrected chi connectivity index (χ1v) is 9.91. The first-order chi connectivity index (χ1) is 12.2. The van der Waals surface area contributed by atoms with Crippen molar-refractivity contribution in [3.05, 3.63) is 11.6 Å². The Labute approximate surface area is 164 Å². The summed E-state index contributed by atoms with van der Waals surface area (Å²) in [5.74, 6) is 0.616. The Hall–Kier alpha value is -1.36. The van der Waals surface area contributed by atoms with E-state index < -0.39 is 29.0 Å². The average Bonchev–Trinajstić information content (AvgIpc) is 2.70. The summed E-state index contributed by atoms with van der Waals surface area (Å²) in [6, 6.07) is 0. The van der Waals surface area contributed by atoms with Crippen molar-refractivity contribution in [2.45, 2.75) is 74.3 Å². The van der Waals surface area contributed by atoms with E-state index in [9.17, 15) is 14.7 Å². The van der Waals surface area contributed by atoms with Crippen LogP contribution in [0, 0.1) is 28.6 Å². The molecule has 1 atom stereocenters. The van der Waals surface area contributed by atoms with Gasteiger partial charge in [0.25, 0.3) is 0 Å². The Morgan fingerprint density at radius 2 is 1.70 bits per heavy atom.